The Morgan fingerprint density at radius 2 is 1.71 bits per heavy atom. The Bertz CT molecular complexity index is 1210. The molecule has 2 aromatic carbocycles. The molecule has 1 aromatic heterocycles. The van der Waals surface area contributed by atoms with Crippen molar-refractivity contribution in [3.8, 4) is 11.5 Å². The summed E-state index contributed by atoms with van der Waals surface area (Å²) in [6, 6.07) is 10.3. The summed E-state index contributed by atoms with van der Waals surface area (Å²) in [4.78, 5) is 47.7. The van der Waals surface area contributed by atoms with Crippen LogP contribution in [0.25, 0.3) is 10.2 Å². The van der Waals surface area contributed by atoms with Crippen molar-refractivity contribution >= 4 is 50.1 Å². The number of thiazole rings is 1. The van der Waals surface area contributed by atoms with E-state index >= 15 is 0 Å². The first kappa shape index (κ1) is 24.6. The average molecular weight is 497 g/mol. The number of benzene rings is 2. The summed E-state index contributed by atoms with van der Waals surface area (Å²) in [5, 5.41) is 0.554. The molecule has 0 radical (unpaired) electrons. The maximum Gasteiger partial charge on any atom is 0.260 e. The topological polar surface area (TPSA) is 92.3 Å². The molecule has 0 N–H and O–H groups in total. The Balaban J connectivity index is 1.70. The number of rotatable bonds is 9. The van der Waals surface area contributed by atoms with E-state index in [0.29, 0.717) is 39.9 Å². The van der Waals surface area contributed by atoms with E-state index in [4.69, 9.17) is 14.5 Å². The minimum absolute atomic E-state index is 0.187. The number of aromatic nitrogens is 1. The highest BCUT2D eigenvalue weighted by molar-refractivity contribution is 7.22. The van der Waals surface area contributed by atoms with Crippen LogP contribution < -0.4 is 19.3 Å². The second kappa shape index (κ2) is 10.4. The van der Waals surface area contributed by atoms with Crippen molar-refractivity contribution in [3.63, 3.8) is 0 Å². The number of amides is 3. The minimum Gasteiger partial charge on any atom is -0.493 e. The van der Waals surface area contributed by atoms with Crippen LogP contribution in [0.4, 0.5) is 10.8 Å². The van der Waals surface area contributed by atoms with Crippen LogP contribution in [0.3, 0.4) is 0 Å². The van der Waals surface area contributed by atoms with E-state index in [9.17, 15) is 14.4 Å². The van der Waals surface area contributed by atoms with Gasteiger partial charge < -0.3 is 14.4 Å². The maximum atomic E-state index is 13.7. The van der Waals surface area contributed by atoms with E-state index < -0.39 is 0 Å². The SMILES string of the molecule is COc1cc2nc(N(CCCN(C)C)C(=O)c3cccc(N4C(=O)CCC4=O)c3)sc2cc1OC. The number of hydrogen-bond donors (Lipinski definition) is 0. The highest BCUT2D eigenvalue weighted by Crippen LogP contribution is 2.38. The molecule has 0 unspecified atom stereocenters. The Morgan fingerprint density at radius 3 is 2.37 bits per heavy atom. The summed E-state index contributed by atoms with van der Waals surface area (Å²) < 4.78 is 11.7. The van der Waals surface area contributed by atoms with Crippen LogP contribution in [0, 0.1) is 0 Å². The number of imide groups is 1. The van der Waals surface area contributed by atoms with Gasteiger partial charge in [0.2, 0.25) is 11.8 Å². The van der Waals surface area contributed by atoms with Crippen LogP contribution in [0.15, 0.2) is 36.4 Å². The van der Waals surface area contributed by atoms with E-state index in [1.165, 1.54) is 11.3 Å². The maximum absolute atomic E-state index is 13.7. The molecule has 184 valence electrons. The number of hydrogen-bond acceptors (Lipinski definition) is 8. The van der Waals surface area contributed by atoms with Gasteiger partial charge in [-0.1, -0.05) is 17.4 Å². The summed E-state index contributed by atoms with van der Waals surface area (Å²) in [6.45, 7) is 1.25. The molecule has 4 rings (SSSR count). The third kappa shape index (κ3) is 5.13. The lowest BCUT2D eigenvalue weighted by molar-refractivity contribution is -0.121. The van der Waals surface area contributed by atoms with Crippen LogP contribution in [0.5, 0.6) is 11.5 Å². The van der Waals surface area contributed by atoms with E-state index in [1.807, 2.05) is 20.2 Å². The molecule has 3 aromatic rings. The molecule has 2 heterocycles. The van der Waals surface area contributed by atoms with Gasteiger partial charge in [-0.25, -0.2) is 4.98 Å². The highest BCUT2D eigenvalue weighted by atomic mass is 32.1. The fourth-order valence-electron chi connectivity index (χ4n) is 3.99. The summed E-state index contributed by atoms with van der Waals surface area (Å²) in [7, 11) is 7.11. The van der Waals surface area contributed by atoms with Gasteiger partial charge >= 0.3 is 0 Å². The lowest BCUT2D eigenvalue weighted by Gasteiger charge is -2.22. The second-order valence-electron chi connectivity index (χ2n) is 8.46. The molecule has 0 spiro atoms. The molecule has 1 aliphatic rings. The first-order valence-electron chi connectivity index (χ1n) is 11.3. The predicted octanol–water partition coefficient (Wildman–Crippen LogP) is 3.57. The van der Waals surface area contributed by atoms with Crippen molar-refractivity contribution in [2.45, 2.75) is 19.3 Å². The van der Waals surface area contributed by atoms with Crippen LogP contribution in [0.2, 0.25) is 0 Å². The van der Waals surface area contributed by atoms with Crippen molar-refractivity contribution < 1.29 is 23.9 Å². The van der Waals surface area contributed by atoms with Gasteiger partial charge in [-0.2, -0.15) is 0 Å². The largest absolute Gasteiger partial charge is 0.493 e. The zero-order valence-electron chi connectivity index (χ0n) is 20.2. The number of fused-ring (bicyclic) bond motifs is 1. The minimum atomic E-state index is -0.253. The van der Waals surface area contributed by atoms with E-state index in [0.717, 1.165) is 22.6 Å². The van der Waals surface area contributed by atoms with Gasteiger partial charge in [-0.05, 0) is 45.3 Å². The van der Waals surface area contributed by atoms with Gasteiger partial charge in [0.05, 0.1) is 30.1 Å². The van der Waals surface area contributed by atoms with Gasteiger partial charge in [0.25, 0.3) is 5.91 Å². The molecule has 0 bridgehead atoms. The summed E-state index contributed by atoms with van der Waals surface area (Å²) in [5.41, 5.74) is 1.50. The Labute approximate surface area is 207 Å². The Morgan fingerprint density at radius 1 is 1.03 bits per heavy atom. The number of carbonyl (C=O) groups is 3. The van der Waals surface area contributed by atoms with E-state index in [2.05, 4.69) is 4.90 Å². The van der Waals surface area contributed by atoms with Gasteiger partial charge in [-0.15, -0.1) is 0 Å². The van der Waals surface area contributed by atoms with E-state index in [-0.39, 0.29) is 30.6 Å². The fourth-order valence-corrected chi connectivity index (χ4v) is 4.99. The van der Waals surface area contributed by atoms with Gasteiger partial charge in [-0.3, -0.25) is 24.2 Å². The molecule has 1 aliphatic heterocycles. The molecule has 1 saturated heterocycles. The van der Waals surface area contributed by atoms with Gasteiger partial charge in [0.1, 0.15) is 0 Å². The Kier molecular flexibility index (Phi) is 7.32. The monoisotopic (exact) mass is 496 g/mol. The van der Waals surface area contributed by atoms with Crippen molar-refractivity contribution in [1.29, 1.82) is 0 Å². The summed E-state index contributed by atoms with van der Waals surface area (Å²) in [5.74, 6) is 0.402. The number of methoxy groups -OCH3 is 2. The van der Waals surface area contributed by atoms with Gasteiger partial charge in [0, 0.05) is 37.1 Å². The van der Waals surface area contributed by atoms with Crippen LogP contribution in [-0.2, 0) is 9.59 Å². The lowest BCUT2D eigenvalue weighted by Crippen LogP contribution is -2.34. The van der Waals surface area contributed by atoms with Crippen molar-refractivity contribution in [1.82, 2.24) is 9.88 Å². The third-order valence-corrected chi connectivity index (χ3v) is 6.79. The Hall–Kier alpha value is -3.50. The van der Waals surface area contributed by atoms with Crippen molar-refractivity contribution in [2.75, 3.05) is 51.2 Å². The lowest BCUT2D eigenvalue weighted by atomic mass is 10.1. The molecular weight excluding hydrogens is 468 g/mol. The van der Waals surface area contributed by atoms with E-state index in [1.54, 1.807) is 49.5 Å². The molecule has 3 amide bonds. The number of ether oxygens (including phenoxy) is 2. The third-order valence-electron chi connectivity index (χ3n) is 5.75. The molecule has 10 heteroatoms. The molecule has 9 nitrogen and oxygen atoms in total. The summed E-state index contributed by atoms with van der Waals surface area (Å²) in [6.07, 6.45) is 1.11. The molecule has 1 fully saturated rings. The van der Waals surface area contributed by atoms with Crippen LogP contribution in [0.1, 0.15) is 29.6 Å². The molecule has 0 aliphatic carbocycles. The molecule has 0 atom stereocenters. The number of nitrogens with zero attached hydrogens (tertiary/aromatic N) is 4. The average Bonchev–Trinajstić information content (AvgIpc) is 3.41. The number of anilines is 2. The van der Waals surface area contributed by atoms with Crippen molar-refractivity contribution in [3.05, 3.63) is 42.0 Å². The molecular formula is C25H28N4O5S. The number of carbonyl (C=O) groups excluding carboxylic acids is 3. The van der Waals surface area contributed by atoms with Crippen LogP contribution >= 0.6 is 11.3 Å². The normalized spacial score (nSPS) is 13.7. The first-order chi connectivity index (χ1) is 16.8. The predicted molar refractivity (Wildman–Crippen MR) is 136 cm³/mol. The molecule has 0 saturated carbocycles. The molecule has 35 heavy (non-hydrogen) atoms. The highest BCUT2D eigenvalue weighted by Gasteiger charge is 2.31. The first-order valence-corrected chi connectivity index (χ1v) is 12.1. The fraction of sp³-hybridized carbons (Fsp3) is 0.360. The van der Waals surface area contributed by atoms with Crippen molar-refractivity contribution in [2.24, 2.45) is 0 Å². The summed E-state index contributed by atoms with van der Waals surface area (Å²) >= 11 is 1.39. The second-order valence-corrected chi connectivity index (χ2v) is 9.47. The zero-order chi connectivity index (χ0) is 25.1. The quantitative estimate of drug-likeness (QED) is 0.418. The van der Waals surface area contributed by atoms with Gasteiger partial charge in [0.15, 0.2) is 16.6 Å². The standard InChI is InChI=1S/C25H28N4O5S/c1-27(2)11-6-12-28(25-26-18-14-19(33-3)20(34-4)15-21(18)35-25)24(32)16-7-5-8-17(13-16)29-22(30)9-10-23(29)31/h5,7-8,13-15H,6,9-12H2,1-4H3. The van der Waals surface area contributed by atoms with Crippen LogP contribution in [-0.4, -0.2) is 69.0 Å². The smallest absolute Gasteiger partial charge is 0.260 e. The zero-order valence-corrected chi connectivity index (χ0v) is 21.1.